The number of halogens is 1. The third-order valence-electron chi connectivity index (χ3n) is 4.35. The van der Waals surface area contributed by atoms with Gasteiger partial charge < -0.3 is 9.80 Å². The minimum atomic E-state index is 0.0545. The normalized spacial score (nSPS) is 26.6. The van der Waals surface area contributed by atoms with Crippen molar-refractivity contribution in [1.29, 1.82) is 0 Å². The lowest BCUT2D eigenvalue weighted by Crippen LogP contribution is -2.40. The van der Waals surface area contributed by atoms with Crippen LogP contribution < -0.4 is 4.90 Å². The van der Waals surface area contributed by atoms with Gasteiger partial charge in [-0.1, -0.05) is 18.0 Å². The molecule has 108 valence electrons. The fraction of sp³-hybridized carbons (Fsp3) is 0.643. The van der Waals surface area contributed by atoms with Gasteiger partial charge >= 0.3 is 0 Å². The first-order chi connectivity index (χ1) is 9.56. The number of likely N-dealkylation sites (N-methyl/N-ethyl adjacent to an activating group) is 1. The molecule has 0 N–H and O–H groups in total. The number of carbonyl (C=O) groups is 1. The number of anilines is 1. The molecule has 1 aromatic rings. The van der Waals surface area contributed by atoms with E-state index in [2.05, 4.69) is 14.9 Å². The zero-order chi connectivity index (χ0) is 14.3. The minimum Gasteiger partial charge on any atom is -0.352 e. The lowest BCUT2D eigenvalue weighted by Gasteiger charge is -2.30. The molecule has 3 heterocycles. The number of carbonyl (C=O) groups excluding carboxylic acids is 1. The smallest absolute Gasteiger partial charge is 0.227 e. The molecule has 0 aromatic carbocycles. The van der Waals surface area contributed by atoms with E-state index in [1.54, 1.807) is 6.20 Å². The highest BCUT2D eigenvalue weighted by Crippen LogP contribution is 2.31. The van der Waals surface area contributed by atoms with E-state index in [1.807, 2.05) is 18.9 Å². The molecule has 2 aliphatic heterocycles. The lowest BCUT2D eigenvalue weighted by molar-refractivity contribution is -0.134. The van der Waals surface area contributed by atoms with Gasteiger partial charge in [-0.3, -0.25) is 4.79 Å². The van der Waals surface area contributed by atoms with Crippen molar-refractivity contribution in [3.05, 3.63) is 17.0 Å². The molecule has 6 heteroatoms. The Kier molecular flexibility index (Phi) is 3.54. The Balaban J connectivity index is 1.96. The van der Waals surface area contributed by atoms with Crippen molar-refractivity contribution in [3.8, 4) is 0 Å². The standard InChI is InChI=1S/C14H19ClN4O/c1-9-16-6-12(15)13(17-9)19-7-10-4-3-5-11(8-19)18(2)14(10)20/h6,10-11H,3-5,7-8H2,1-2H3/t10-,11+/m1/s1. The summed E-state index contributed by atoms with van der Waals surface area (Å²) in [5.74, 6) is 1.79. The van der Waals surface area contributed by atoms with Crippen molar-refractivity contribution in [3.63, 3.8) is 0 Å². The Bertz CT molecular complexity index is 536. The predicted octanol–water partition coefficient (Wildman–Crippen LogP) is 1.89. The van der Waals surface area contributed by atoms with Crippen LogP contribution in [0, 0.1) is 12.8 Å². The van der Waals surface area contributed by atoms with E-state index in [0.717, 1.165) is 31.6 Å². The predicted molar refractivity (Wildman–Crippen MR) is 77.9 cm³/mol. The van der Waals surface area contributed by atoms with Crippen LogP contribution in [0.5, 0.6) is 0 Å². The molecular weight excluding hydrogens is 276 g/mol. The van der Waals surface area contributed by atoms with Gasteiger partial charge in [0.25, 0.3) is 0 Å². The molecule has 1 aromatic heterocycles. The Morgan fingerprint density at radius 2 is 2.15 bits per heavy atom. The molecule has 3 rings (SSSR count). The summed E-state index contributed by atoms with van der Waals surface area (Å²) in [5, 5.41) is 0.561. The molecule has 2 saturated heterocycles. The molecule has 5 nitrogen and oxygen atoms in total. The van der Waals surface area contributed by atoms with Gasteiger partial charge in [0, 0.05) is 26.2 Å². The maximum absolute atomic E-state index is 12.4. The Morgan fingerprint density at radius 1 is 1.35 bits per heavy atom. The Labute approximate surface area is 123 Å². The van der Waals surface area contributed by atoms with Crippen molar-refractivity contribution in [2.45, 2.75) is 32.2 Å². The number of aromatic nitrogens is 2. The maximum Gasteiger partial charge on any atom is 0.227 e. The van der Waals surface area contributed by atoms with E-state index >= 15 is 0 Å². The van der Waals surface area contributed by atoms with Gasteiger partial charge in [-0.05, 0) is 19.8 Å². The van der Waals surface area contributed by atoms with Crippen LogP contribution >= 0.6 is 11.6 Å². The molecule has 0 aliphatic carbocycles. The summed E-state index contributed by atoms with van der Waals surface area (Å²) in [4.78, 5) is 25.0. The average molecular weight is 295 g/mol. The summed E-state index contributed by atoms with van der Waals surface area (Å²) in [6.45, 7) is 3.36. The molecule has 2 atom stereocenters. The lowest BCUT2D eigenvalue weighted by atomic mass is 9.99. The second-order valence-corrected chi connectivity index (χ2v) is 6.13. The number of nitrogens with zero attached hydrogens (tertiary/aromatic N) is 4. The van der Waals surface area contributed by atoms with E-state index in [1.165, 1.54) is 0 Å². The first-order valence-corrected chi connectivity index (χ1v) is 7.45. The minimum absolute atomic E-state index is 0.0545. The molecular formula is C14H19ClN4O. The summed E-state index contributed by atoms with van der Waals surface area (Å²) in [7, 11) is 1.92. The average Bonchev–Trinajstić information content (AvgIpc) is 2.59. The summed E-state index contributed by atoms with van der Waals surface area (Å²) in [6.07, 6.45) is 4.77. The zero-order valence-corrected chi connectivity index (χ0v) is 12.6. The molecule has 0 unspecified atom stereocenters. The molecule has 0 saturated carbocycles. The van der Waals surface area contributed by atoms with Gasteiger partial charge in [0.15, 0.2) is 5.82 Å². The number of rotatable bonds is 1. The number of hydrogen-bond acceptors (Lipinski definition) is 4. The van der Waals surface area contributed by atoms with Crippen molar-refractivity contribution < 1.29 is 4.79 Å². The van der Waals surface area contributed by atoms with Crippen molar-refractivity contribution in [2.75, 3.05) is 25.0 Å². The molecule has 0 spiro atoms. The SMILES string of the molecule is Cc1ncc(Cl)c(N2C[C@H]3CCC[C@@H](C2)N(C)C3=O)n1. The van der Waals surface area contributed by atoms with Crippen LogP contribution in [0.25, 0.3) is 0 Å². The van der Waals surface area contributed by atoms with E-state index in [-0.39, 0.29) is 17.9 Å². The first-order valence-electron chi connectivity index (χ1n) is 7.07. The fourth-order valence-electron chi connectivity index (χ4n) is 3.20. The van der Waals surface area contributed by atoms with E-state index in [0.29, 0.717) is 17.4 Å². The molecule has 2 aliphatic rings. The molecule has 20 heavy (non-hydrogen) atoms. The van der Waals surface area contributed by atoms with Gasteiger partial charge in [0.1, 0.15) is 10.8 Å². The first kappa shape index (κ1) is 13.6. The highest BCUT2D eigenvalue weighted by atomic mass is 35.5. The van der Waals surface area contributed by atoms with E-state index in [4.69, 9.17) is 11.6 Å². The van der Waals surface area contributed by atoms with Crippen LogP contribution in [0.3, 0.4) is 0 Å². The van der Waals surface area contributed by atoms with Crippen molar-refractivity contribution in [1.82, 2.24) is 14.9 Å². The number of fused-ring (bicyclic) bond motifs is 3. The van der Waals surface area contributed by atoms with Crippen LogP contribution in [-0.2, 0) is 4.79 Å². The Hall–Kier alpha value is -1.36. The maximum atomic E-state index is 12.4. The van der Waals surface area contributed by atoms with Crippen LogP contribution in [0.1, 0.15) is 25.1 Å². The summed E-state index contributed by atoms with van der Waals surface area (Å²) >= 11 is 6.25. The quantitative estimate of drug-likeness (QED) is 0.793. The zero-order valence-electron chi connectivity index (χ0n) is 11.8. The molecule has 1 amide bonds. The van der Waals surface area contributed by atoms with Gasteiger partial charge in [0.2, 0.25) is 5.91 Å². The second kappa shape index (κ2) is 5.20. The van der Waals surface area contributed by atoms with Gasteiger partial charge in [-0.25, -0.2) is 9.97 Å². The highest BCUT2D eigenvalue weighted by molar-refractivity contribution is 6.32. The van der Waals surface area contributed by atoms with E-state index in [9.17, 15) is 4.79 Å². The van der Waals surface area contributed by atoms with Crippen LogP contribution in [0.4, 0.5) is 5.82 Å². The number of amides is 1. The van der Waals surface area contributed by atoms with Gasteiger partial charge in [-0.15, -0.1) is 0 Å². The highest BCUT2D eigenvalue weighted by Gasteiger charge is 2.37. The van der Waals surface area contributed by atoms with Crippen LogP contribution in [0.15, 0.2) is 6.20 Å². The van der Waals surface area contributed by atoms with Crippen molar-refractivity contribution in [2.24, 2.45) is 5.92 Å². The fourth-order valence-corrected chi connectivity index (χ4v) is 3.41. The molecule has 2 fully saturated rings. The Morgan fingerprint density at radius 3 is 2.95 bits per heavy atom. The third kappa shape index (κ3) is 2.35. The second-order valence-electron chi connectivity index (χ2n) is 5.72. The summed E-state index contributed by atoms with van der Waals surface area (Å²) < 4.78 is 0. The topological polar surface area (TPSA) is 49.3 Å². The largest absolute Gasteiger partial charge is 0.352 e. The molecule has 0 radical (unpaired) electrons. The van der Waals surface area contributed by atoms with Crippen LogP contribution in [0.2, 0.25) is 5.02 Å². The molecule has 2 bridgehead atoms. The van der Waals surface area contributed by atoms with Gasteiger partial charge in [-0.2, -0.15) is 0 Å². The van der Waals surface area contributed by atoms with Gasteiger partial charge in [0.05, 0.1) is 12.1 Å². The van der Waals surface area contributed by atoms with Crippen molar-refractivity contribution >= 4 is 23.3 Å². The summed E-state index contributed by atoms with van der Waals surface area (Å²) in [5.41, 5.74) is 0. The summed E-state index contributed by atoms with van der Waals surface area (Å²) in [6, 6.07) is 0.251. The monoisotopic (exact) mass is 294 g/mol. The third-order valence-corrected chi connectivity index (χ3v) is 4.62. The number of hydrogen-bond donors (Lipinski definition) is 0. The van der Waals surface area contributed by atoms with Crippen LogP contribution in [-0.4, -0.2) is 47.0 Å². The van der Waals surface area contributed by atoms with E-state index < -0.39 is 0 Å². The number of aryl methyl sites for hydroxylation is 1.